The van der Waals surface area contributed by atoms with Gasteiger partial charge < -0.3 is 5.32 Å². The van der Waals surface area contributed by atoms with E-state index in [1.54, 1.807) is 12.1 Å². The Labute approximate surface area is 165 Å². The summed E-state index contributed by atoms with van der Waals surface area (Å²) in [7, 11) is -3.79. The normalized spacial score (nSPS) is 18.1. The van der Waals surface area contributed by atoms with Crippen molar-refractivity contribution in [1.29, 1.82) is 0 Å². The maximum atomic E-state index is 14.3. The van der Waals surface area contributed by atoms with Gasteiger partial charge in [0.15, 0.2) is 0 Å². The lowest BCUT2D eigenvalue weighted by Crippen LogP contribution is -2.42. The van der Waals surface area contributed by atoms with Crippen molar-refractivity contribution in [1.82, 2.24) is 4.31 Å². The van der Waals surface area contributed by atoms with Crippen LogP contribution in [-0.2, 0) is 10.0 Å². The monoisotopic (exact) mass is 404 g/mol. The second-order valence-electron chi connectivity index (χ2n) is 7.30. The molecule has 1 atom stereocenters. The topological polar surface area (TPSA) is 66.5 Å². The summed E-state index contributed by atoms with van der Waals surface area (Å²) in [4.78, 5) is 12.6. The van der Waals surface area contributed by atoms with Gasteiger partial charge in [-0.15, -0.1) is 0 Å². The van der Waals surface area contributed by atoms with E-state index in [0.717, 1.165) is 42.5 Å². The number of amides is 1. The molecule has 0 saturated carbocycles. The Balaban J connectivity index is 1.93. The highest BCUT2D eigenvalue weighted by atomic mass is 32.2. The molecule has 0 aliphatic carbocycles. The number of rotatable bonds is 4. The van der Waals surface area contributed by atoms with Crippen LogP contribution < -0.4 is 5.32 Å². The van der Waals surface area contributed by atoms with E-state index in [1.807, 2.05) is 26.8 Å². The number of anilines is 1. The minimum atomic E-state index is -3.79. The minimum absolute atomic E-state index is 0.0613. The Kier molecular flexibility index (Phi) is 5.86. The molecule has 1 fully saturated rings. The highest BCUT2D eigenvalue weighted by Gasteiger charge is 2.31. The number of carbonyl (C=O) groups excluding carboxylic acids is 1. The zero-order valence-corrected chi connectivity index (χ0v) is 17.1. The van der Waals surface area contributed by atoms with E-state index in [9.17, 15) is 17.6 Å². The number of sulfonamides is 1. The Morgan fingerprint density at radius 2 is 1.93 bits per heavy atom. The van der Waals surface area contributed by atoms with Gasteiger partial charge in [0.1, 0.15) is 5.82 Å². The smallest absolute Gasteiger partial charge is 0.258 e. The van der Waals surface area contributed by atoms with Crippen LogP contribution in [0.2, 0.25) is 0 Å². The Morgan fingerprint density at radius 3 is 2.64 bits per heavy atom. The molecule has 0 aromatic heterocycles. The van der Waals surface area contributed by atoms with Crippen molar-refractivity contribution in [2.75, 3.05) is 11.9 Å². The van der Waals surface area contributed by atoms with E-state index >= 15 is 0 Å². The third kappa shape index (κ3) is 3.95. The summed E-state index contributed by atoms with van der Waals surface area (Å²) in [5.41, 5.74) is 2.16. The van der Waals surface area contributed by atoms with Gasteiger partial charge in [-0.05, 0) is 69.0 Å². The van der Waals surface area contributed by atoms with E-state index < -0.39 is 21.7 Å². The summed E-state index contributed by atoms with van der Waals surface area (Å²) in [6.07, 6.45) is 2.57. The molecule has 28 heavy (non-hydrogen) atoms. The maximum absolute atomic E-state index is 14.3. The van der Waals surface area contributed by atoms with Crippen LogP contribution in [0.1, 0.15) is 47.7 Å². The maximum Gasteiger partial charge on any atom is 0.258 e. The molecule has 1 aliphatic rings. The van der Waals surface area contributed by atoms with Crippen LogP contribution in [0.4, 0.5) is 10.1 Å². The van der Waals surface area contributed by atoms with Crippen molar-refractivity contribution in [2.45, 2.75) is 51.0 Å². The van der Waals surface area contributed by atoms with E-state index in [1.165, 1.54) is 10.4 Å². The van der Waals surface area contributed by atoms with Gasteiger partial charge in [-0.1, -0.05) is 18.6 Å². The van der Waals surface area contributed by atoms with E-state index in [2.05, 4.69) is 5.32 Å². The first-order chi connectivity index (χ1) is 13.2. The fraction of sp³-hybridized carbons (Fsp3) is 0.381. The number of nitrogens with zero attached hydrogens (tertiary/aromatic N) is 1. The molecule has 1 N–H and O–H groups in total. The molecule has 0 unspecified atom stereocenters. The molecule has 1 amide bonds. The first kappa shape index (κ1) is 20.5. The van der Waals surface area contributed by atoms with E-state index in [0.29, 0.717) is 12.2 Å². The second kappa shape index (κ2) is 8.01. The van der Waals surface area contributed by atoms with Crippen LogP contribution >= 0.6 is 0 Å². The molecular weight excluding hydrogens is 379 g/mol. The lowest BCUT2D eigenvalue weighted by molar-refractivity contribution is 0.102. The minimum Gasteiger partial charge on any atom is -0.322 e. The summed E-state index contributed by atoms with van der Waals surface area (Å²) in [6, 6.07) is 8.72. The molecule has 7 heteroatoms. The average molecular weight is 405 g/mol. The van der Waals surface area contributed by atoms with Crippen LogP contribution in [-0.4, -0.2) is 31.2 Å². The molecule has 1 heterocycles. The van der Waals surface area contributed by atoms with Crippen molar-refractivity contribution in [3.63, 3.8) is 0 Å². The van der Waals surface area contributed by atoms with Crippen molar-refractivity contribution in [2.24, 2.45) is 0 Å². The van der Waals surface area contributed by atoms with Gasteiger partial charge in [0.2, 0.25) is 10.0 Å². The fourth-order valence-corrected chi connectivity index (χ4v) is 5.21. The number of halogens is 1. The molecular formula is C21H25FN2O3S. The van der Waals surface area contributed by atoms with Gasteiger partial charge in [0.05, 0.1) is 10.5 Å². The molecule has 1 aliphatic heterocycles. The van der Waals surface area contributed by atoms with Crippen LogP contribution in [0.25, 0.3) is 0 Å². The lowest BCUT2D eigenvalue weighted by Gasteiger charge is -2.32. The molecule has 3 rings (SSSR count). The Bertz CT molecular complexity index is 1000. The van der Waals surface area contributed by atoms with Gasteiger partial charge in [-0.25, -0.2) is 12.8 Å². The highest BCUT2D eigenvalue weighted by molar-refractivity contribution is 7.89. The molecule has 0 radical (unpaired) electrons. The standard InChI is InChI=1S/C21H25FN2O3S/c1-14-7-6-9-20(16(14)3)23-21(25)18-13-17(10-11-19(18)22)28(26,27)24-12-5-4-8-15(24)2/h6-7,9-11,13,15H,4-5,8,12H2,1-3H3,(H,23,25)/t15-/m1/s1. The van der Waals surface area contributed by atoms with Gasteiger partial charge in [-0.3, -0.25) is 4.79 Å². The number of aryl methyl sites for hydroxylation is 1. The largest absolute Gasteiger partial charge is 0.322 e. The third-order valence-electron chi connectivity index (χ3n) is 5.38. The van der Waals surface area contributed by atoms with Crippen LogP contribution in [0.15, 0.2) is 41.3 Å². The zero-order valence-electron chi connectivity index (χ0n) is 16.3. The summed E-state index contributed by atoms with van der Waals surface area (Å²) >= 11 is 0. The van der Waals surface area contributed by atoms with Crippen molar-refractivity contribution < 1.29 is 17.6 Å². The van der Waals surface area contributed by atoms with Crippen molar-refractivity contribution in [3.05, 3.63) is 58.9 Å². The number of carbonyl (C=O) groups is 1. The van der Waals surface area contributed by atoms with Gasteiger partial charge >= 0.3 is 0 Å². The molecule has 1 saturated heterocycles. The molecule has 2 aromatic carbocycles. The van der Waals surface area contributed by atoms with E-state index in [4.69, 9.17) is 0 Å². The first-order valence-electron chi connectivity index (χ1n) is 9.41. The van der Waals surface area contributed by atoms with Crippen molar-refractivity contribution in [3.8, 4) is 0 Å². The average Bonchev–Trinajstić information content (AvgIpc) is 2.65. The van der Waals surface area contributed by atoms with Crippen molar-refractivity contribution >= 4 is 21.6 Å². The predicted octanol–water partition coefficient (Wildman–Crippen LogP) is 4.26. The van der Waals surface area contributed by atoms with Crippen LogP contribution in [0, 0.1) is 19.7 Å². The summed E-state index contributed by atoms with van der Waals surface area (Å²) in [6.45, 7) is 6.08. The Morgan fingerprint density at radius 1 is 1.18 bits per heavy atom. The number of piperidine rings is 1. The third-order valence-corrected chi connectivity index (χ3v) is 7.39. The number of hydrogen-bond acceptors (Lipinski definition) is 3. The fourth-order valence-electron chi connectivity index (χ4n) is 3.48. The molecule has 150 valence electrons. The summed E-state index contributed by atoms with van der Waals surface area (Å²) in [5.74, 6) is -1.43. The van der Waals surface area contributed by atoms with Crippen LogP contribution in [0.5, 0.6) is 0 Å². The van der Waals surface area contributed by atoms with Crippen LogP contribution in [0.3, 0.4) is 0 Å². The Hall–Kier alpha value is -2.25. The second-order valence-corrected chi connectivity index (χ2v) is 9.19. The van der Waals surface area contributed by atoms with Gasteiger partial charge in [-0.2, -0.15) is 4.31 Å². The SMILES string of the molecule is Cc1cccc(NC(=O)c2cc(S(=O)(=O)N3CCCC[C@H]3C)ccc2F)c1C. The van der Waals surface area contributed by atoms with Gasteiger partial charge in [0, 0.05) is 18.3 Å². The van der Waals surface area contributed by atoms with E-state index in [-0.39, 0.29) is 16.5 Å². The first-order valence-corrected chi connectivity index (χ1v) is 10.8. The lowest BCUT2D eigenvalue weighted by atomic mass is 10.1. The molecule has 0 spiro atoms. The summed E-state index contributed by atoms with van der Waals surface area (Å²) < 4.78 is 41.8. The highest BCUT2D eigenvalue weighted by Crippen LogP contribution is 2.27. The number of hydrogen-bond donors (Lipinski definition) is 1. The molecule has 5 nitrogen and oxygen atoms in total. The zero-order chi connectivity index (χ0) is 20.5. The molecule has 2 aromatic rings. The van der Waals surface area contributed by atoms with Gasteiger partial charge in [0.25, 0.3) is 5.91 Å². The number of nitrogens with one attached hydrogen (secondary N) is 1. The summed E-state index contributed by atoms with van der Waals surface area (Å²) in [5, 5.41) is 2.69. The molecule has 0 bridgehead atoms. The predicted molar refractivity (Wildman–Crippen MR) is 107 cm³/mol. The number of benzene rings is 2. The quantitative estimate of drug-likeness (QED) is 0.828.